The van der Waals surface area contributed by atoms with Crippen molar-refractivity contribution in [2.75, 3.05) is 32.7 Å². The van der Waals surface area contributed by atoms with Crippen molar-refractivity contribution < 1.29 is 0 Å². The molecule has 0 aliphatic carbocycles. The van der Waals surface area contributed by atoms with E-state index in [2.05, 4.69) is 57.1 Å². The molecule has 0 saturated carbocycles. The monoisotopic (exact) mass is 351 g/mol. The maximum Gasteiger partial charge on any atom is 0.137 e. The van der Waals surface area contributed by atoms with Gasteiger partial charge in [-0.05, 0) is 23.5 Å². The molecule has 0 N–H and O–H groups in total. The average molecular weight is 352 g/mol. The van der Waals surface area contributed by atoms with E-state index in [0.29, 0.717) is 0 Å². The third kappa shape index (κ3) is 4.42. The van der Waals surface area contributed by atoms with Crippen LogP contribution in [0.25, 0.3) is 0 Å². The summed E-state index contributed by atoms with van der Waals surface area (Å²) in [5, 5.41) is 9.08. The highest BCUT2D eigenvalue weighted by atomic mass is 28.3. The van der Waals surface area contributed by atoms with Crippen LogP contribution < -0.4 is 0 Å². The molecule has 24 heavy (non-hydrogen) atoms. The molecule has 0 aromatic carbocycles. The van der Waals surface area contributed by atoms with Gasteiger partial charge in [0.15, 0.2) is 0 Å². The summed E-state index contributed by atoms with van der Waals surface area (Å²) in [6.07, 6.45) is 3.94. The first-order valence-electron chi connectivity index (χ1n) is 10.2. The van der Waals surface area contributed by atoms with E-state index < -0.39 is 8.24 Å². The maximum absolute atomic E-state index is 9.08. The van der Waals surface area contributed by atoms with Crippen molar-refractivity contribution in [3.8, 4) is 6.07 Å². The Kier molecular flexibility index (Phi) is 8.98. The van der Waals surface area contributed by atoms with Crippen LogP contribution in [0.4, 0.5) is 0 Å². The van der Waals surface area contributed by atoms with Crippen LogP contribution >= 0.6 is 0 Å². The van der Waals surface area contributed by atoms with E-state index in [9.17, 15) is 0 Å². The Balaban J connectivity index is 2.99. The second-order valence-corrected chi connectivity index (χ2v) is 13.5. The van der Waals surface area contributed by atoms with Gasteiger partial charge in [0.25, 0.3) is 0 Å². The first-order chi connectivity index (χ1) is 11.4. The van der Waals surface area contributed by atoms with E-state index in [4.69, 9.17) is 5.26 Å². The van der Waals surface area contributed by atoms with Gasteiger partial charge >= 0.3 is 0 Å². The van der Waals surface area contributed by atoms with Gasteiger partial charge in [-0.25, -0.2) is 0 Å². The summed E-state index contributed by atoms with van der Waals surface area (Å²) in [7, 11) is -1.54. The quantitative estimate of drug-likeness (QED) is 0.541. The van der Waals surface area contributed by atoms with Crippen molar-refractivity contribution in [1.82, 2.24) is 9.47 Å². The first kappa shape index (κ1) is 21.7. The van der Waals surface area contributed by atoms with E-state index in [1.807, 2.05) is 6.92 Å². The minimum atomic E-state index is -1.54. The van der Waals surface area contributed by atoms with Crippen molar-refractivity contribution in [3.63, 3.8) is 0 Å². The lowest BCUT2D eigenvalue weighted by Gasteiger charge is -2.55. The van der Waals surface area contributed by atoms with Gasteiger partial charge in [0, 0.05) is 32.7 Å². The molecule has 1 rings (SSSR count). The minimum Gasteiger partial charge on any atom is -0.320 e. The molecule has 0 aromatic heterocycles. The van der Waals surface area contributed by atoms with Gasteiger partial charge in [-0.3, -0.25) is 4.90 Å². The number of hydrogen-bond donors (Lipinski definition) is 0. The number of nitrogens with zero attached hydrogens (tertiary/aromatic N) is 3. The topological polar surface area (TPSA) is 30.3 Å². The van der Waals surface area contributed by atoms with Crippen LogP contribution in [0.1, 0.15) is 67.7 Å². The highest BCUT2D eigenvalue weighted by Crippen LogP contribution is 2.48. The molecule has 1 aliphatic rings. The summed E-state index contributed by atoms with van der Waals surface area (Å²) >= 11 is 0. The molecule has 0 bridgehead atoms. The normalized spacial score (nSPS) is 24.6. The SMILES string of the molecule is CCC(C)[Si](C(C)CC)(C(C)CC)N1CCN(CC(C)C#N)CC1. The summed E-state index contributed by atoms with van der Waals surface area (Å²) in [5.74, 6) is 0.150. The molecule has 0 spiro atoms. The highest BCUT2D eigenvalue weighted by Gasteiger charge is 2.51. The largest absolute Gasteiger partial charge is 0.320 e. The van der Waals surface area contributed by atoms with Crippen LogP contribution in [0.5, 0.6) is 0 Å². The van der Waals surface area contributed by atoms with Crippen molar-refractivity contribution in [2.45, 2.75) is 84.4 Å². The van der Waals surface area contributed by atoms with Crippen LogP contribution in [0.15, 0.2) is 0 Å². The van der Waals surface area contributed by atoms with Gasteiger partial charge in [-0.2, -0.15) is 5.26 Å². The summed E-state index contributed by atoms with van der Waals surface area (Å²) in [6.45, 7) is 22.5. The fourth-order valence-electron chi connectivity index (χ4n) is 5.12. The number of hydrogen-bond acceptors (Lipinski definition) is 3. The molecule has 0 aromatic rings. The van der Waals surface area contributed by atoms with E-state index in [1.54, 1.807) is 0 Å². The molecule has 0 radical (unpaired) electrons. The van der Waals surface area contributed by atoms with E-state index in [1.165, 1.54) is 32.4 Å². The van der Waals surface area contributed by atoms with Gasteiger partial charge < -0.3 is 4.57 Å². The fraction of sp³-hybridized carbons (Fsp3) is 0.950. The third-order valence-corrected chi connectivity index (χ3v) is 14.4. The molecule has 0 amide bonds. The Hall–Kier alpha value is -0.373. The maximum atomic E-state index is 9.08. The Bertz CT molecular complexity index is 372. The minimum absolute atomic E-state index is 0.150. The standard InChI is InChI=1S/C20H41N3Si/c1-8-18(5)24(19(6)9-2,20(7)10-3)23-13-11-22(12-14-23)16-17(4)15-21/h17-20H,8-14,16H2,1-7H3. The van der Waals surface area contributed by atoms with E-state index in [-0.39, 0.29) is 5.92 Å². The van der Waals surface area contributed by atoms with Crippen LogP contribution in [0.3, 0.4) is 0 Å². The van der Waals surface area contributed by atoms with Crippen LogP contribution in [0, 0.1) is 17.2 Å². The summed E-state index contributed by atoms with van der Waals surface area (Å²) in [6, 6.07) is 2.39. The average Bonchev–Trinajstić information content (AvgIpc) is 2.62. The zero-order valence-corrected chi connectivity index (χ0v) is 18.3. The van der Waals surface area contributed by atoms with Crippen molar-refractivity contribution in [2.24, 2.45) is 5.92 Å². The predicted octanol–water partition coefficient (Wildman–Crippen LogP) is 5.11. The molecule has 1 heterocycles. The van der Waals surface area contributed by atoms with Gasteiger partial charge in [0.2, 0.25) is 0 Å². The van der Waals surface area contributed by atoms with E-state index >= 15 is 0 Å². The van der Waals surface area contributed by atoms with Crippen LogP contribution in [-0.2, 0) is 0 Å². The predicted molar refractivity (Wildman–Crippen MR) is 108 cm³/mol. The van der Waals surface area contributed by atoms with Crippen molar-refractivity contribution in [1.29, 1.82) is 5.26 Å². The number of rotatable bonds is 9. The Morgan fingerprint density at radius 2 is 1.25 bits per heavy atom. The molecule has 1 fully saturated rings. The fourth-order valence-corrected chi connectivity index (χ4v) is 12.8. The zero-order valence-electron chi connectivity index (χ0n) is 17.3. The lowest BCUT2D eigenvalue weighted by Crippen LogP contribution is -2.66. The van der Waals surface area contributed by atoms with Crippen molar-refractivity contribution in [3.05, 3.63) is 0 Å². The number of piperazine rings is 1. The molecule has 4 heteroatoms. The molecule has 3 nitrogen and oxygen atoms in total. The third-order valence-electron chi connectivity index (χ3n) is 6.88. The van der Waals surface area contributed by atoms with Crippen molar-refractivity contribution >= 4 is 8.24 Å². The van der Waals surface area contributed by atoms with E-state index in [0.717, 1.165) is 36.3 Å². The smallest absolute Gasteiger partial charge is 0.137 e. The molecular weight excluding hydrogens is 310 g/mol. The summed E-state index contributed by atoms with van der Waals surface area (Å²) in [5.41, 5.74) is 2.56. The van der Waals surface area contributed by atoms with Crippen LogP contribution in [-0.4, -0.2) is 50.4 Å². The van der Waals surface area contributed by atoms with Gasteiger partial charge in [0.1, 0.15) is 8.24 Å². The second kappa shape index (κ2) is 9.94. The lowest BCUT2D eigenvalue weighted by molar-refractivity contribution is 0.167. The van der Waals surface area contributed by atoms with Crippen LogP contribution in [0.2, 0.25) is 16.6 Å². The number of nitriles is 1. The Labute approximate surface area is 152 Å². The first-order valence-corrected chi connectivity index (χ1v) is 12.4. The zero-order chi connectivity index (χ0) is 18.3. The van der Waals surface area contributed by atoms with Gasteiger partial charge in [0.05, 0.1) is 12.0 Å². The molecule has 4 atom stereocenters. The molecular formula is C20H41N3Si. The Morgan fingerprint density at radius 3 is 1.58 bits per heavy atom. The molecule has 1 saturated heterocycles. The molecule has 140 valence electrons. The van der Waals surface area contributed by atoms with Gasteiger partial charge in [-0.1, -0.05) is 60.8 Å². The van der Waals surface area contributed by atoms with Gasteiger partial charge in [-0.15, -0.1) is 0 Å². The molecule has 4 unspecified atom stereocenters. The second-order valence-electron chi connectivity index (χ2n) is 8.13. The summed E-state index contributed by atoms with van der Waals surface area (Å²) in [4.78, 5) is 2.51. The summed E-state index contributed by atoms with van der Waals surface area (Å²) < 4.78 is 2.97. The Morgan fingerprint density at radius 1 is 0.833 bits per heavy atom. The highest BCUT2D eigenvalue weighted by molar-refractivity contribution is 6.81. The lowest BCUT2D eigenvalue weighted by atomic mass is 10.2. The molecule has 1 aliphatic heterocycles.